The van der Waals surface area contributed by atoms with Crippen molar-refractivity contribution in [3.8, 4) is 5.75 Å². The van der Waals surface area contributed by atoms with Gasteiger partial charge in [0.2, 0.25) is 12.1 Å². The normalized spacial score (nSPS) is 14.2. The van der Waals surface area contributed by atoms with E-state index in [2.05, 4.69) is 104 Å². The van der Waals surface area contributed by atoms with Crippen molar-refractivity contribution in [2.45, 2.75) is 85.4 Å². The molecule has 5 heteroatoms. The lowest BCUT2D eigenvalue weighted by molar-refractivity contribution is -0.127. The van der Waals surface area contributed by atoms with E-state index in [-0.39, 0.29) is 28.4 Å². The third-order valence-corrected chi connectivity index (χ3v) is 7.78. The Hall–Kier alpha value is -2.99. The maximum atomic E-state index is 13.6. The molecule has 0 bridgehead atoms. The molecule has 0 aliphatic carbocycles. The minimum absolute atomic E-state index is 0.124. The van der Waals surface area contributed by atoms with Crippen LogP contribution in [0.4, 0.5) is 0 Å². The summed E-state index contributed by atoms with van der Waals surface area (Å²) in [4.78, 5) is 13.6. The van der Waals surface area contributed by atoms with E-state index in [1.54, 1.807) is 31.4 Å². The van der Waals surface area contributed by atoms with Gasteiger partial charge in [0, 0.05) is 12.7 Å². The van der Waals surface area contributed by atoms with Crippen LogP contribution in [0.2, 0.25) is 0 Å². The summed E-state index contributed by atoms with van der Waals surface area (Å²) >= 11 is 0. The number of carbonyl (C=O) groups is 1. The van der Waals surface area contributed by atoms with Gasteiger partial charge in [-0.15, -0.1) is 0 Å². The second-order valence-corrected chi connectivity index (χ2v) is 14.2. The molecule has 0 fully saturated rings. The van der Waals surface area contributed by atoms with Crippen molar-refractivity contribution in [2.24, 2.45) is 11.8 Å². The smallest absolute Gasteiger partial charge is 0.222 e. The highest BCUT2D eigenvalue weighted by Crippen LogP contribution is 2.25. The van der Waals surface area contributed by atoms with Gasteiger partial charge in [-0.3, -0.25) is 4.79 Å². The molecule has 0 aromatic heterocycles. The highest BCUT2D eigenvalue weighted by molar-refractivity contribution is 5.98. The number of ketones is 1. The van der Waals surface area contributed by atoms with Crippen LogP contribution in [-0.2, 0) is 37.9 Å². The monoisotopic (exact) mass is 602 g/mol. The molecule has 0 spiro atoms. The Labute approximate surface area is 266 Å². The lowest BCUT2D eigenvalue weighted by atomic mass is 9.86. The highest BCUT2D eigenvalue weighted by atomic mass is 16.7. The lowest BCUT2D eigenvalue weighted by Gasteiger charge is -2.23. The van der Waals surface area contributed by atoms with E-state index < -0.39 is 6.29 Å². The molecule has 0 amide bonds. The average molecular weight is 603 g/mol. The minimum Gasteiger partial charge on any atom is -0.491 e. The zero-order chi connectivity index (χ0) is 32.3. The molecule has 0 saturated heterocycles. The van der Waals surface area contributed by atoms with Crippen LogP contribution >= 0.6 is 0 Å². The first-order valence-electron chi connectivity index (χ1n) is 15.9. The molecule has 44 heavy (non-hydrogen) atoms. The van der Waals surface area contributed by atoms with Crippen molar-refractivity contribution in [2.75, 3.05) is 33.5 Å². The van der Waals surface area contributed by atoms with Gasteiger partial charge in [0.25, 0.3) is 0 Å². The van der Waals surface area contributed by atoms with Gasteiger partial charge in [0.05, 0.1) is 19.8 Å². The fourth-order valence-electron chi connectivity index (χ4n) is 5.00. The molecule has 2 atom stereocenters. The molecular formula is C39H54O5. The van der Waals surface area contributed by atoms with Gasteiger partial charge in [0.1, 0.15) is 12.4 Å². The summed E-state index contributed by atoms with van der Waals surface area (Å²) in [5.74, 6) is 0.931. The second-order valence-electron chi connectivity index (χ2n) is 14.2. The summed E-state index contributed by atoms with van der Waals surface area (Å²) in [6.07, 6.45) is 0.742. The summed E-state index contributed by atoms with van der Waals surface area (Å²) in [7, 11) is 1.64. The maximum Gasteiger partial charge on any atom is 0.222 e. The summed E-state index contributed by atoms with van der Waals surface area (Å²) in [6.45, 7) is 19.4. The van der Waals surface area contributed by atoms with Crippen LogP contribution in [0, 0.1) is 11.8 Å². The summed E-state index contributed by atoms with van der Waals surface area (Å²) in [5, 5.41) is 0. The molecule has 3 aromatic carbocycles. The molecule has 0 aliphatic heterocycles. The standard InChI is InChI=1S/C39H54O5/c1-28(24-30-10-16-33(17-11-30)38(3,4)5)26-43-37(36(40)32-14-20-35(21-15-32)42-23-22-41-9)44-27-29(2)25-31-12-18-34(19-13-31)39(6,7)8/h10-21,28-29,37H,22-27H2,1-9H3. The summed E-state index contributed by atoms with van der Waals surface area (Å²) in [6, 6.07) is 24.8. The van der Waals surface area contributed by atoms with E-state index in [4.69, 9.17) is 18.9 Å². The van der Waals surface area contributed by atoms with E-state index in [1.807, 2.05) is 0 Å². The molecule has 240 valence electrons. The molecule has 0 heterocycles. The number of methoxy groups -OCH3 is 1. The summed E-state index contributed by atoms with van der Waals surface area (Å²) < 4.78 is 23.1. The van der Waals surface area contributed by atoms with Gasteiger partial charge >= 0.3 is 0 Å². The summed E-state index contributed by atoms with van der Waals surface area (Å²) in [5.41, 5.74) is 5.93. The van der Waals surface area contributed by atoms with Crippen molar-refractivity contribution in [1.82, 2.24) is 0 Å². The first-order chi connectivity index (χ1) is 20.8. The number of ether oxygens (including phenoxy) is 4. The van der Waals surface area contributed by atoms with Crippen molar-refractivity contribution < 1.29 is 23.7 Å². The predicted molar refractivity (Wildman–Crippen MR) is 180 cm³/mol. The fourth-order valence-corrected chi connectivity index (χ4v) is 5.00. The first kappa shape index (κ1) is 35.5. The Kier molecular flexibility index (Phi) is 13.2. The lowest BCUT2D eigenvalue weighted by Crippen LogP contribution is -2.31. The van der Waals surface area contributed by atoms with Crippen LogP contribution in [0.15, 0.2) is 72.8 Å². The average Bonchev–Trinajstić information content (AvgIpc) is 2.97. The molecule has 3 rings (SSSR count). The van der Waals surface area contributed by atoms with Crippen LogP contribution in [0.25, 0.3) is 0 Å². The van der Waals surface area contributed by atoms with E-state index >= 15 is 0 Å². The largest absolute Gasteiger partial charge is 0.491 e. The first-order valence-corrected chi connectivity index (χ1v) is 15.9. The van der Waals surface area contributed by atoms with E-state index in [9.17, 15) is 4.79 Å². The number of rotatable bonds is 16. The fraction of sp³-hybridized carbons (Fsp3) is 0.513. The molecule has 0 saturated carbocycles. The SMILES string of the molecule is COCCOc1ccc(C(=O)C(OCC(C)Cc2ccc(C(C)(C)C)cc2)OCC(C)Cc2ccc(C(C)(C)C)cc2)cc1. The Morgan fingerprint density at radius 3 is 1.45 bits per heavy atom. The zero-order valence-electron chi connectivity index (χ0n) is 28.4. The van der Waals surface area contributed by atoms with Gasteiger partial charge in [0.15, 0.2) is 0 Å². The van der Waals surface area contributed by atoms with E-state index in [0.29, 0.717) is 37.7 Å². The number of Topliss-reactive ketones (excluding diaryl/α,β-unsaturated/α-hetero) is 1. The molecule has 0 radical (unpaired) electrons. The van der Waals surface area contributed by atoms with Gasteiger partial charge in [-0.05, 0) is 82.0 Å². The van der Waals surface area contributed by atoms with Crippen molar-refractivity contribution in [3.63, 3.8) is 0 Å². The molecule has 5 nitrogen and oxygen atoms in total. The topological polar surface area (TPSA) is 54.0 Å². The van der Waals surface area contributed by atoms with Crippen molar-refractivity contribution >= 4 is 5.78 Å². The molecule has 3 aromatic rings. The van der Waals surface area contributed by atoms with Crippen LogP contribution in [-0.4, -0.2) is 45.6 Å². The Balaban J connectivity index is 1.64. The van der Waals surface area contributed by atoms with Gasteiger partial charge in [-0.2, -0.15) is 0 Å². The maximum absolute atomic E-state index is 13.6. The van der Waals surface area contributed by atoms with Crippen LogP contribution < -0.4 is 4.74 Å². The Morgan fingerprint density at radius 2 is 1.07 bits per heavy atom. The van der Waals surface area contributed by atoms with Gasteiger partial charge in [-0.25, -0.2) is 0 Å². The Morgan fingerprint density at radius 1 is 0.636 bits per heavy atom. The van der Waals surface area contributed by atoms with Gasteiger partial charge < -0.3 is 18.9 Å². The van der Waals surface area contributed by atoms with Gasteiger partial charge in [-0.1, -0.05) is 104 Å². The quantitative estimate of drug-likeness (QED) is 0.0934. The number of benzene rings is 3. The van der Waals surface area contributed by atoms with E-state index in [0.717, 1.165) is 12.8 Å². The molecule has 0 N–H and O–H groups in total. The van der Waals surface area contributed by atoms with Crippen LogP contribution in [0.3, 0.4) is 0 Å². The second kappa shape index (κ2) is 16.4. The molecular weight excluding hydrogens is 548 g/mol. The third-order valence-electron chi connectivity index (χ3n) is 7.78. The van der Waals surface area contributed by atoms with Crippen LogP contribution in [0.1, 0.15) is 88.0 Å². The number of carbonyl (C=O) groups excluding carboxylic acids is 1. The predicted octanol–water partition coefficient (Wildman–Crippen LogP) is 8.61. The zero-order valence-corrected chi connectivity index (χ0v) is 28.4. The number of hydrogen-bond acceptors (Lipinski definition) is 5. The minimum atomic E-state index is -0.980. The van der Waals surface area contributed by atoms with E-state index in [1.165, 1.54) is 22.3 Å². The highest BCUT2D eigenvalue weighted by Gasteiger charge is 2.24. The number of hydrogen-bond donors (Lipinski definition) is 0. The molecule has 2 unspecified atom stereocenters. The molecule has 0 aliphatic rings. The Bertz CT molecular complexity index is 1200. The van der Waals surface area contributed by atoms with Crippen molar-refractivity contribution in [1.29, 1.82) is 0 Å². The third kappa shape index (κ3) is 11.5. The van der Waals surface area contributed by atoms with Crippen molar-refractivity contribution in [3.05, 3.63) is 101 Å². The van der Waals surface area contributed by atoms with Crippen LogP contribution in [0.5, 0.6) is 5.75 Å².